The van der Waals surface area contributed by atoms with Crippen molar-refractivity contribution in [1.82, 2.24) is 31.6 Å². The van der Waals surface area contributed by atoms with Gasteiger partial charge in [0.05, 0.1) is 19.6 Å². The summed E-state index contributed by atoms with van der Waals surface area (Å²) < 4.78 is 10.2. The van der Waals surface area contributed by atoms with E-state index >= 15 is 0 Å². The lowest BCUT2D eigenvalue weighted by atomic mass is 9.85. The number of nitrogens with one attached hydrogen (secondary N) is 6. The van der Waals surface area contributed by atoms with Gasteiger partial charge in [0.1, 0.15) is 34.9 Å². The molecule has 14 nitrogen and oxygen atoms in total. The van der Waals surface area contributed by atoms with Crippen LogP contribution < -0.4 is 26.6 Å². The van der Waals surface area contributed by atoms with Crippen molar-refractivity contribution < 1.29 is 38.2 Å². The van der Waals surface area contributed by atoms with Crippen LogP contribution in [0, 0.1) is 11.3 Å². The highest BCUT2D eigenvalue weighted by molar-refractivity contribution is 6.31. The van der Waals surface area contributed by atoms with Gasteiger partial charge in [-0.2, -0.15) is 0 Å². The van der Waals surface area contributed by atoms with Crippen LogP contribution in [0.15, 0.2) is 24.3 Å². The largest absolute Gasteiger partial charge is 0.469 e. The number of hydrogen-bond donors (Lipinski definition) is 6. The molecule has 0 bridgehead atoms. The molecule has 0 aliphatic carbocycles. The molecule has 1 aliphatic rings. The van der Waals surface area contributed by atoms with Crippen molar-refractivity contribution in [2.75, 3.05) is 13.7 Å². The summed E-state index contributed by atoms with van der Waals surface area (Å²) in [6.07, 6.45) is 1.07. The van der Waals surface area contributed by atoms with Crippen molar-refractivity contribution in [3.63, 3.8) is 0 Å². The van der Waals surface area contributed by atoms with Crippen LogP contribution in [-0.2, 0) is 44.7 Å². The van der Waals surface area contributed by atoms with Crippen LogP contribution in [0.2, 0.25) is 5.15 Å². The predicted molar refractivity (Wildman–Crippen MR) is 197 cm³/mol. The number of esters is 2. The number of ether oxygens (including phenoxy) is 2. The van der Waals surface area contributed by atoms with E-state index in [-0.39, 0.29) is 29.8 Å². The predicted octanol–water partition coefficient (Wildman–Crippen LogP) is 3.05. The fraction of sp³-hybridized carbons (Fsp3) is 0.622. The monoisotopic (exact) mass is 746 g/mol. The van der Waals surface area contributed by atoms with Gasteiger partial charge in [-0.1, -0.05) is 64.4 Å². The Morgan fingerprint density at radius 2 is 1.50 bits per heavy atom. The number of amides is 4. The SMILES string of the molecule is COC(=O)C[C@@H](NC(=O)[C@@H](Cc1c(Cl)[nH]c2ccccc12)NC(=O)[C@H](CC(C)C)NC(=O)[C@H](NC(=O)[C@@H]1CCCN1)C(C)(C)C)C(=O)OC(C)(C)C. The number of para-hydroxylation sites is 1. The average Bonchev–Trinajstić information content (AvgIpc) is 3.69. The first-order valence-corrected chi connectivity index (χ1v) is 18.1. The topological polar surface area (TPSA) is 197 Å². The Balaban J connectivity index is 1.95. The third-order valence-electron chi connectivity index (χ3n) is 8.54. The number of hydrogen-bond acceptors (Lipinski definition) is 9. The van der Waals surface area contributed by atoms with Crippen LogP contribution in [0.1, 0.15) is 86.6 Å². The van der Waals surface area contributed by atoms with E-state index in [1.807, 2.05) is 52.8 Å². The zero-order chi connectivity index (χ0) is 39.0. The molecule has 2 heterocycles. The third kappa shape index (κ3) is 12.2. The number of rotatable bonds is 15. The maximum Gasteiger partial charge on any atom is 0.329 e. The molecule has 2 aromatic rings. The van der Waals surface area contributed by atoms with Crippen LogP contribution >= 0.6 is 11.6 Å². The summed E-state index contributed by atoms with van der Waals surface area (Å²) in [5.41, 5.74) is -0.401. The van der Waals surface area contributed by atoms with Gasteiger partial charge in [-0.15, -0.1) is 0 Å². The fourth-order valence-electron chi connectivity index (χ4n) is 5.93. The number of fused-ring (bicyclic) bond motifs is 1. The minimum atomic E-state index is -1.44. The molecule has 0 spiro atoms. The van der Waals surface area contributed by atoms with E-state index in [0.29, 0.717) is 29.4 Å². The van der Waals surface area contributed by atoms with E-state index in [9.17, 15) is 28.8 Å². The van der Waals surface area contributed by atoms with Crippen molar-refractivity contribution in [3.05, 3.63) is 35.0 Å². The number of carbonyl (C=O) groups excluding carboxylic acids is 6. The second kappa shape index (κ2) is 18.0. The Bertz CT molecular complexity index is 1610. The molecule has 1 saturated heterocycles. The third-order valence-corrected chi connectivity index (χ3v) is 8.86. The molecule has 1 fully saturated rings. The standard InChI is InChI=1S/C37H55ClN6O8/c1-20(2)17-25(42-34(49)29(36(3,4)5)44-31(46)24-15-12-16-39-24)32(47)41-26(18-22-21-13-10-11-14-23(21)40-30(22)38)33(48)43-27(19-28(45)51-9)35(50)52-37(6,7)8/h10-11,13-14,20,24-27,29,39-40H,12,15-19H2,1-9H3,(H,41,47)(H,42,49)(H,43,48)(H,44,46)/t24-,25-,26+,27+,29-/m0/s1. The fourth-order valence-corrected chi connectivity index (χ4v) is 6.21. The lowest BCUT2D eigenvalue weighted by Gasteiger charge is -2.33. The van der Waals surface area contributed by atoms with Gasteiger partial charge >= 0.3 is 11.9 Å². The molecule has 1 aromatic heterocycles. The molecule has 5 atom stereocenters. The first-order chi connectivity index (χ1) is 24.2. The molecule has 6 N–H and O–H groups in total. The highest BCUT2D eigenvalue weighted by atomic mass is 35.5. The summed E-state index contributed by atoms with van der Waals surface area (Å²) in [5.74, 6) is -4.01. The number of aromatic nitrogens is 1. The summed E-state index contributed by atoms with van der Waals surface area (Å²) in [4.78, 5) is 83.6. The molecule has 52 heavy (non-hydrogen) atoms. The number of H-pyrrole nitrogens is 1. The summed E-state index contributed by atoms with van der Waals surface area (Å²) in [6, 6.07) is 2.00. The van der Waals surface area contributed by atoms with Gasteiger partial charge in [0.2, 0.25) is 23.6 Å². The maximum atomic E-state index is 14.1. The van der Waals surface area contributed by atoms with E-state index in [0.717, 1.165) is 13.5 Å². The number of benzene rings is 1. The van der Waals surface area contributed by atoms with Crippen molar-refractivity contribution in [1.29, 1.82) is 0 Å². The molecule has 0 radical (unpaired) electrons. The Labute approximate surface area is 310 Å². The van der Waals surface area contributed by atoms with Crippen molar-refractivity contribution in [2.24, 2.45) is 11.3 Å². The van der Waals surface area contributed by atoms with Crippen molar-refractivity contribution in [2.45, 2.75) is 123 Å². The van der Waals surface area contributed by atoms with Crippen molar-refractivity contribution in [3.8, 4) is 0 Å². The lowest BCUT2D eigenvalue weighted by Crippen LogP contribution is -2.61. The molecule has 288 valence electrons. The zero-order valence-electron chi connectivity index (χ0n) is 31.7. The first-order valence-electron chi connectivity index (χ1n) is 17.7. The maximum absolute atomic E-state index is 14.1. The zero-order valence-corrected chi connectivity index (χ0v) is 32.4. The van der Waals surface area contributed by atoms with Gasteiger partial charge in [-0.05, 0) is 69.5 Å². The van der Waals surface area contributed by atoms with Gasteiger partial charge < -0.3 is 41.0 Å². The number of carbonyl (C=O) groups is 6. The van der Waals surface area contributed by atoms with Crippen LogP contribution in [0.4, 0.5) is 0 Å². The quantitative estimate of drug-likeness (QED) is 0.149. The molecule has 0 saturated carbocycles. The second-order valence-corrected chi connectivity index (χ2v) is 16.1. The van der Waals surface area contributed by atoms with Crippen LogP contribution in [0.3, 0.4) is 0 Å². The molecule has 1 aliphatic heterocycles. The molecular formula is C37H55ClN6O8. The van der Waals surface area contributed by atoms with E-state index in [1.165, 1.54) is 0 Å². The van der Waals surface area contributed by atoms with Crippen LogP contribution in [0.25, 0.3) is 10.9 Å². The van der Waals surface area contributed by atoms with Crippen LogP contribution in [0.5, 0.6) is 0 Å². The highest BCUT2D eigenvalue weighted by Crippen LogP contribution is 2.28. The summed E-state index contributed by atoms with van der Waals surface area (Å²) in [7, 11) is 1.16. The van der Waals surface area contributed by atoms with Gasteiger partial charge in [0, 0.05) is 17.3 Å². The van der Waals surface area contributed by atoms with E-state index in [1.54, 1.807) is 26.8 Å². The average molecular weight is 747 g/mol. The summed E-state index contributed by atoms with van der Waals surface area (Å²) >= 11 is 6.60. The van der Waals surface area contributed by atoms with E-state index < -0.39 is 77.3 Å². The molecule has 1 aromatic carbocycles. The Hall–Kier alpha value is -4.17. The Morgan fingerprint density at radius 3 is 2.08 bits per heavy atom. The van der Waals surface area contributed by atoms with Crippen LogP contribution in [-0.4, -0.2) is 90.0 Å². The summed E-state index contributed by atoms with van der Waals surface area (Å²) in [5, 5.41) is 15.1. The minimum Gasteiger partial charge on any atom is -0.469 e. The van der Waals surface area contributed by atoms with E-state index in [4.69, 9.17) is 21.1 Å². The Kier molecular flexibility index (Phi) is 14.7. The van der Waals surface area contributed by atoms with Gasteiger partial charge in [0.25, 0.3) is 0 Å². The minimum absolute atomic E-state index is 0.0617. The molecular weight excluding hydrogens is 692 g/mol. The highest BCUT2D eigenvalue weighted by Gasteiger charge is 2.38. The molecule has 4 amide bonds. The number of methoxy groups -OCH3 is 1. The Morgan fingerprint density at radius 1 is 0.885 bits per heavy atom. The molecule has 3 rings (SSSR count). The second-order valence-electron chi connectivity index (χ2n) is 15.8. The number of halogens is 1. The van der Waals surface area contributed by atoms with E-state index in [2.05, 4.69) is 31.6 Å². The molecule has 15 heteroatoms. The number of aromatic amines is 1. The van der Waals surface area contributed by atoms with Gasteiger partial charge in [-0.25, -0.2) is 4.79 Å². The van der Waals surface area contributed by atoms with Gasteiger partial charge in [0.15, 0.2) is 0 Å². The lowest BCUT2D eigenvalue weighted by molar-refractivity contribution is -0.161. The van der Waals surface area contributed by atoms with Gasteiger partial charge in [-0.3, -0.25) is 24.0 Å². The molecule has 0 unspecified atom stereocenters. The smallest absolute Gasteiger partial charge is 0.329 e. The van der Waals surface area contributed by atoms with Crippen molar-refractivity contribution >= 4 is 58.1 Å². The summed E-state index contributed by atoms with van der Waals surface area (Å²) in [6.45, 7) is 14.9. The normalized spacial score (nSPS) is 17.1. The first kappa shape index (κ1) is 42.2.